The number of alkyl halides is 3. The van der Waals surface area contributed by atoms with Crippen LogP contribution < -0.4 is 10.0 Å². The first-order chi connectivity index (χ1) is 13.7. The van der Waals surface area contributed by atoms with E-state index in [0.29, 0.717) is 13.1 Å². The van der Waals surface area contributed by atoms with Crippen LogP contribution in [0.4, 0.5) is 27.6 Å². The Morgan fingerprint density at radius 1 is 1.23 bits per heavy atom. The van der Waals surface area contributed by atoms with E-state index in [0.717, 1.165) is 17.7 Å². The third kappa shape index (κ3) is 4.60. The highest BCUT2D eigenvalue weighted by molar-refractivity contribution is 7.89. The molecule has 2 N–H and O–H groups in total. The molecule has 1 atom stereocenters. The number of carbonyl (C=O) groups is 1. The van der Waals surface area contributed by atoms with Crippen molar-refractivity contribution < 1.29 is 35.2 Å². The number of nitriles is 1. The number of hydrogen-bond donors (Lipinski definition) is 2. The molecule has 0 aliphatic heterocycles. The summed E-state index contributed by atoms with van der Waals surface area (Å²) in [4.78, 5) is 11.3. The van der Waals surface area contributed by atoms with Crippen molar-refractivity contribution in [3.8, 4) is 6.07 Å². The summed E-state index contributed by atoms with van der Waals surface area (Å²) < 4.78 is 92.7. The number of carbonyl (C=O) groups excluding carboxylic acids is 1. The largest absolute Gasteiger partial charge is 0.404 e. The monoisotopic (exact) mass is 450 g/mol. The average molecular weight is 450 g/mol. The first kappa shape index (κ1) is 23.3. The maximum Gasteiger partial charge on any atom is 0.404 e. The van der Waals surface area contributed by atoms with Crippen LogP contribution in [0.3, 0.4) is 0 Å². The van der Waals surface area contributed by atoms with Gasteiger partial charge < -0.3 is 9.88 Å². The lowest BCUT2D eigenvalue weighted by Crippen LogP contribution is -2.43. The van der Waals surface area contributed by atoms with Crippen LogP contribution in [-0.2, 0) is 17.1 Å². The van der Waals surface area contributed by atoms with Crippen LogP contribution in [0.5, 0.6) is 0 Å². The molecule has 0 aliphatic carbocycles. The van der Waals surface area contributed by atoms with E-state index in [-0.39, 0.29) is 16.8 Å². The highest BCUT2D eigenvalue weighted by Gasteiger charge is 2.40. The molecular formula is C17H15F5N4O3S. The third-order valence-corrected chi connectivity index (χ3v) is 5.58. The molecule has 2 aromatic rings. The van der Waals surface area contributed by atoms with Gasteiger partial charge in [0.15, 0.2) is 5.82 Å². The second-order valence-corrected chi connectivity index (χ2v) is 8.05. The van der Waals surface area contributed by atoms with Gasteiger partial charge in [-0.15, -0.1) is 0 Å². The van der Waals surface area contributed by atoms with Crippen molar-refractivity contribution in [1.82, 2.24) is 9.29 Å². The molecule has 2 rings (SSSR count). The minimum atomic E-state index is -4.94. The van der Waals surface area contributed by atoms with Crippen molar-refractivity contribution in [2.75, 3.05) is 5.32 Å². The lowest BCUT2D eigenvalue weighted by atomic mass is 10.1. The number of halogens is 5. The molecule has 0 radical (unpaired) electrons. The number of aryl methyl sites for hydroxylation is 2. The molecule has 1 amide bonds. The Morgan fingerprint density at radius 3 is 2.37 bits per heavy atom. The van der Waals surface area contributed by atoms with Gasteiger partial charge in [0.1, 0.15) is 28.5 Å². The number of anilines is 1. The summed E-state index contributed by atoms with van der Waals surface area (Å²) in [5.74, 6) is -3.54. The quantitative estimate of drug-likeness (QED) is 0.684. The van der Waals surface area contributed by atoms with Crippen LogP contribution in [0.25, 0.3) is 0 Å². The number of benzene rings is 1. The van der Waals surface area contributed by atoms with Crippen LogP contribution in [0.2, 0.25) is 0 Å². The lowest BCUT2D eigenvalue weighted by Gasteiger charge is -2.16. The molecule has 1 aromatic heterocycles. The molecule has 0 aliphatic rings. The average Bonchev–Trinajstić information content (AvgIpc) is 2.92. The summed E-state index contributed by atoms with van der Waals surface area (Å²) in [5.41, 5.74) is -1.23. The second-order valence-electron chi connectivity index (χ2n) is 6.37. The summed E-state index contributed by atoms with van der Waals surface area (Å²) in [5, 5.41) is 11.1. The molecule has 0 fully saturated rings. The number of sulfonamides is 1. The number of aromatic nitrogens is 1. The van der Waals surface area contributed by atoms with Gasteiger partial charge >= 0.3 is 6.18 Å². The fraction of sp³-hybridized carbons (Fsp3) is 0.294. The van der Waals surface area contributed by atoms with E-state index in [9.17, 15) is 35.2 Å². The van der Waals surface area contributed by atoms with Gasteiger partial charge in [-0.2, -0.15) is 23.2 Å². The van der Waals surface area contributed by atoms with Crippen molar-refractivity contribution in [2.24, 2.45) is 7.05 Å². The fourth-order valence-corrected chi connectivity index (χ4v) is 3.85. The normalized spacial score (nSPS) is 13.0. The van der Waals surface area contributed by atoms with Gasteiger partial charge in [0.25, 0.3) is 5.91 Å². The van der Waals surface area contributed by atoms with Gasteiger partial charge in [0.2, 0.25) is 10.0 Å². The standard InChI is InChI=1S/C17H15F5N4O3S/c1-8-4-11(5-10(6-23)13(8)18)24-16(27)15-14(19)12(7-26(15)3)30(28,29)25-9(2)17(20,21)22/h4-5,7,9,25H,1-3H3,(H,24,27)/t9-/m1/s1. The summed E-state index contributed by atoms with van der Waals surface area (Å²) in [7, 11) is -3.83. The molecule has 1 aromatic carbocycles. The Kier molecular flexibility index (Phi) is 6.24. The molecule has 0 bridgehead atoms. The van der Waals surface area contributed by atoms with Crippen molar-refractivity contribution >= 4 is 21.6 Å². The van der Waals surface area contributed by atoms with E-state index < -0.39 is 50.4 Å². The summed E-state index contributed by atoms with van der Waals surface area (Å²) in [6.45, 7) is 1.86. The predicted octanol–water partition coefficient (Wildman–Crippen LogP) is 2.96. The van der Waals surface area contributed by atoms with Crippen molar-refractivity contribution in [3.63, 3.8) is 0 Å². The van der Waals surface area contributed by atoms with Gasteiger partial charge in [-0.1, -0.05) is 0 Å². The van der Waals surface area contributed by atoms with E-state index in [2.05, 4.69) is 5.32 Å². The van der Waals surface area contributed by atoms with Crippen molar-refractivity contribution in [3.05, 3.63) is 46.8 Å². The Labute approximate surface area is 168 Å². The molecule has 0 saturated heterocycles. The minimum absolute atomic E-state index is 0.0188. The first-order valence-corrected chi connectivity index (χ1v) is 9.62. The number of hydrogen-bond acceptors (Lipinski definition) is 4. The highest BCUT2D eigenvalue weighted by atomic mass is 32.2. The molecule has 7 nitrogen and oxygen atoms in total. The van der Waals surface area contributed by atoms with Crippen LogP contribution >= 0.6 is 0 Å². The lowest BCUT2D eigenvalue weighted by molar-refractivity contribution is -0.147. The molecular weight excluding hydrogens is 435 g/mol. The molecule has 162 valence electrons. The SMILES string of the molecule is Cc1cc(NC(=O)c2c(F)c(S(=O)(=O)N[C@H](C)C(F)(F)F)cn2C)cc(C#N)c1F. The smallest absolute Gasteiger partial charge is 0.343 e. The molecule has 0 unspecified atom stereocenters. The fourth-order valence-electron chi connectivity index (χ4n) is 2.49. The zero-order valence-electron chi connectivity index (χ0n) is 15.7. The van der Waals surface area contributed by atoms with E-state index in [1.54, 1.807) is 6.07 Å². The first-order valence-electron chi connectivity index (χ1n) is 8.14. The Hall–Kier alpha value is -2.98. The summed E-state index contributed by atoms with van der Waals surface area (Å²) in [6, 6.07) is 1.24. The van der Waals surface area contributed by atoms with Gasteiger partial charge in [-0.05, 0) is 31.5 Å². The van der Waals surface area contributed by atoms with Crippen LogP contribution in [0, 0.1) is 29.9 Å². The van der Waals surface area contributed by atoms with E-state index in [4.69, 9.17) is 5.26 Å². The summed E-state index contributed by atoms with van der Waals surface area (Å²) in [6.07, 6.45) is -4.26. The second kappa shape index (κ2) is 8.04. The van der Waals surface area contributed by atoms with Crippen LogP contribution in [-0.4, -0.2) is 31.1 Å². The van der Waals surface area contributed by atoms with E-state index in [1.807, 2.05) is 0 Å². The minimum Gasteiger partial charge on any atom is -0.343 e. The maximum absolute atomic E-state index is 14.7. The predicted molar refractivity (Wildman–Crippen MR) is 95.0 cm³/mol. The van der Waals surface area contributed by atoms with Gasteiger partial charge in [0.05, 0.1) is 5.56 Å². The van der Waals surface area contributed by atoms with Gasteiger partial charge in [0, 0.05) is 18.9 Å². The molecule has 0 spiro atoms. The Balaban J connectivity index is 2.39. The molecule has 0 saturated carbocycles. The van der Waals surface area contributed by atoms with Crippen LogP contribution in [0.1, 0.15) is 28.5 Å². The van der Waals surface area contributed by atoms with Gasteiger partial charge in [-0.25, -0.2) is 17.2 Å². The topological polar surface area (TPSA) is 104 Å². The summed E-state index contributed by atoms with van der Waals surface area (Å²) >= 11 is 0. The number of nitrogens with one attached hydrogen (secondary N) is 2. The highest BCUT2D eigenvalue weighted by Crippen LogP contribution is 2.25. The number of nitrogens with zero attached hydrogens (tertiary/aromatic N) is 2. The zero-order chi connectivity index (χ0) is 23.0. The van der Waals surface area contributed by atoms with Gasteiger partial charge in [-0.3, -0.25) is 4.79 Å². The molecule has 1 heterocycles. The third-order valence-electron chi connectivity index (χ3n) is 4.05. The maximum atomic E-state index is 14.7. The molecule has 30 heavy (non-hydrogen) atoms. The van der Waals surface area contributed by atoms with Crippen molar-refractivity contribution in [2.45, 2.75) is 31.0 Å². The zero-order valence-corrected chi connectivity index (χ0v) is 16.5. The van der Waals surface area contributed by atoms with Crippen molar-refractivity contribution in [1.29, 1.82) is 5.26 Å². The van der Waals surface area contributed by atoms with E-state index in [1.165, 1.54) is 17.7 Å². The Morgan fingerprint density at radius 2 is 1.83 bits per heavy atom. The molecule has 13 heteroatoms. The van der Waals surface area contributed by atoms with Crippen LogP contribution in [0.15, 0.2) is 23.2 Å². The Bertz CT molecular complexity index is 1150. The van der Waals surface area contributed by atoms with E-state index >= 15 is 0 Å². The number of amides is 1. The number of rotatable bonds is 5.